The minimum Gasteiger partial charge on any atom is -0.489 e. The molecule has 0 bridgehead atoms. The second-order valence-corrected chi connectivity index (χ2v) is 6.10. The highest BCUT2D eigenvalue weighted by molar-refractivity contribution is 8.01. The Bertz CT molecular complexity index is 628. The van der Waals surface area contributed by atoms with Gasteiger partial charge in [0.05, 0.1) is 12.4 Å². The van der Waals surface area contributed by atoms with Gasteiger partial charge in [0.15, 0.2) is 0 Å². The van der Waals surface area contributed by atoms with Crippen LogP contribution in [0, 0.1) is 0 Å². The molecule has 2 aliphatic heterocycles. The average Bonchev–Trinajstić information content (AvgIpc) is 2.88. The van der Waals surface area contributed by atoms with Crippen LogP contribution in [0.4, 0.5) is 0 Å². The van der Waals surface area contributed by atoms with Crippen LogP contribution < -0.4 is 4.74 Å². The van der Waals surface area contributed by atoms with E-state index in [9.17, 15) is 9.59 Å². The molecule has 1 unspecified atom stereocenters. The molecule has 2 aliphatic rings. The fourth-order valence-electron chi connectivity index (χ4n) is 2.55. The van der Waals surface area contributed by atoms with Gasteiger partial charge in [-0.3, -0.25) is 9.59 Å². The van der Waals surface area contributed by atoms with Gasteiger partial charge in [-0.05, 0) is 19.1 Å². The van der Waals surface area contributed by atoms with Gasteiger partial charge in [0, 0.05) is 11.1 Å². The lowest BCUT2D eigenvalue weighted by Crippen LogP contribution is -2.40. The molecule has 6 heteroatoms. The van der Waals surface area contributed by atoms with Crippen molar-refractivity contribution in [2.45, 2.75) is 12.3 Å². The van der Waals surface area contributed by atoms with Crippen LogP contribution in [0.15, 0.2) is 29.8 Å². The van der Waals surface area contributed by atoms with Gasteiger partial charge >= 0.3 is 5.97 Å². The number of carbonyl (C=O) groups is 2. The van der Waals surface area contributed by atoms with Crippen molar-refractivity contribution in [1.29, 1.82) is 0 Å². The minimum absolute atomic E-state index is 0.0106. The third kappa shape index (κ3) is 2.97. The number of carbonyl (C=O) groups excluding carboxylic acids is 2. The quantitative estimate of drug-likeness (QED) is 0.794. The van der Waals surface area contributed by atoms with Gasteiger partial charge in [-0.25, -0.2) is 0 Å². The molecule has 0 aliphatic carbocycles. The van der Waals surface area contributed by atoms with Crippen molar-refractivity contribution < 1.29 is 19.1 Å². The summed E-state index contributed by atoms with van der Waals surface area (Å²) < 4.78 is 10.7. The van der Waals surface area contributed by atoms with Gasteiger partial charge in [0.25, 0.3) is 0 Å². The molecule has 22 heavy (non-hydrogen) atoms. The monoisotopic (exact) mass is 319 g/mol. The van der Waals surface area contributed by atoms with Crippen LogP contribution in [0.5, 0.6) is 5.75 Å². The Hall–Kier alpha value is -1.95. The zero-order valence-corrected chi connectivity index (χ0v) is 13.1. The third-order valence-electron chi connectivity index (χ3n) is 3.54. The molecule has 1 fully saturated rings. The standard InChI is InChI=1S/C16H17NO4S/c1-2-20-15(19)8-17-14(18)10-22-16(17)12-7-11-5-3-4-6-13(11)21-9-12/h3-7,16H,2,8-10H2,1H3. The highest BCUT2D eigenvalue weighted by Gasteiger charge is 2.36. The molecule has 1 amide bonds. The first-order valence-electron chi connectivity index (χ1n) is 7.18. The van der Waals surface area contributed by atoms with E-state index in [1.807, 2.05) is 30.3 Å². The molecular weight excluding hydrogens is 302 g/mol. The Balaban J connectivity index is 1.80. The smallest absolute Gasteiger partial charge is 0.325 e. The van der Waals surface area contributed by atoms with E-state index in [-0.39, 0.29) is 23.8 Å². The molecule has 0 saturated carbocycles. The predicted molar refractivity (Wildman–Crippen MR) is 84.5 cm³/mol. The van der Waals surface area contributed by atoms with Crippen molar-refractivity contribution >= 4 is 29.7 Å². The van der Waals surface area contributed by atoms with E-state index in [0.29, 0.717) is 19.0 Å². The number of hydrogen-bond donors (Lipinski definition) is 0. The van der Waals surface area contributed by atoms with E-state index in [1.165, 1.54) is 11.8 Å². The van der Waals surface area contributed by atoms with Gasteiger partial charge in [-0.2, -0.15) is 0 Å². The Morgan fingerprint density at radius 2 is 2.27 bits per heavy atom. The van der Waals surface area contributed by atoms with Gasteiger partial charge < -0.3 is 14.4 Å². The first kappa shape index (κ1) is 15.0. The lowest BCUT2D eigenvalue weighted by molar-refractivity contribution is -0.148. The Kier molecular flexibility index (Phi) is 4.38. The number of rotatable bonds is 4. The number of ether oxygens (including phenoxy) is 2. The average molecular weight is 319 g/mol. The van der Waals surface area contributed by atoms with Gasteiger partial charge in [-0.15, -0.1) is 11.8 Å². The van der Waals surface area contributed by atoms with Crippen LogP contribution in [-0.4, -0.2) is 47.7 Å². The molecular formula is C16H17NO4S. The predicted octanol–water partition coefficient (Wildman–Crippen LogP) is 1.93. The summed E-state index contributed by atoms with van der Waals surface area (Å²) in [6, 6.07) is 7.78. The number of thioether (sulfide) groups is 1. The highest BCUT2D eigenvalue weighted by atomic mass is 32.2. The van der Waals surface area contributed by atoms with Crippen molar-refractivity contribution in [3.8, 4) is 5.75 Å². The second kappa shape index (κ2) is 6.44. The number of benzene rings is 1. The number of fused-ring (bicyclic) bond motifs is 1. The van der Waals surface area contributed by atoms with Crippen molar-refractivity contribution in [3.05, 3.63) is 35.4 Å². The fraction of sp³-hybridized carbons (Fsp3) is 0.375. The van der Waals surface area contributed by atoms with Crippen LogP contribution in [0.1, 0.15) is 12.5 Å². The molecule has 0 radical (unpaired) electrons. The summed E-state index contributed by atoms with van der Waals surface area (Å²) in [4.78, 5) is 25.3. The lowest BCUT2D eigenvalue weighted by atomic mass is 10.1. The zero-order chi connectivity index (χ0) is 15.5. The summed E-state index contributed by atoms with van der Waals surface area (Å²) in [5.41, 5.74) is 2.00. The number of esters is 1. The molecule has 0 spiro atoms. The molecule has 3 rings (SSSR count). The van der Waals surface area contributed by atoms with Gasteiger partial charge in [-0.1, -0.05) is 18.2 Å². The van der Waals surface area contributed by atoms with Crippen molar-refractivity contribution in [2.75, 3.05) is 25.5 Å². The van der Waals surface area contributed by atoms with Crippen LogP contribution in [0.25, 0.3) is 6.08 Å². The number of hydrogen-bond acceptors (Lipinski definition) is 5. The van der Waals surface area contributed by atoms with Crippen LogP contribution in [-0.2, 0) is 14.3 Å². The van der Waals surface area contributed by atoms with E-state index in [1.54, 1.807) is 11.8 Å². The van der Waals surface area contributed by atoms with E-state index in [2.05, 4.69) is 0 Å². The summed E-state index contributed by atoms with van der Waals surface area (Å²) in [5.74, 6) is 0.810. The zero-order valence-electron chi connectivity index (χ0n) is 12.3. The van der Waals surface area contributed by atoms with E-state index in [4.69, 9.17) is 9.47 Å². The number of nitrogens with zero attached hydrogens (tertiary/aromatic N) is 1. The van der Waals surface area contributed by atoms with E-state index in [0.717, 1.165) is 16.9 Å². The maximum absolute atomic E-state index is 12.0. The molecule has 1 aromatic rings. The summed E-state index contributed by atoms with van der Waals surface area (Å²) in [6.07, 6.45) is 2.05. The summed E-state index contributed by atoms with van der Waals surface area (Å²) in [6.45, 7) is 2.49. The Morgan fingerprint density at radius 1 is 1.45 bits per heavy atom. The largest absolute Gasteiger partial charge is 0.489 e. The molecule has 5 nitrogen and oxygen atoms in total. The topological polar surface area (TPSA) is 55.8 Å². The molecule has 116 valence electrons. The molecule has 0 aromatic heterocycles. The Morgan fingerprint density at radius 3 is 3.09 bits per heavy atom. The number of para-hydroxylation sites is 1. The van der Waals surface area contributed by atoms with Crippen molar-refractivity contribution in [2.24, 2.45) is 0 Å². The Labute approximate surface area is 133 Å². The lowest BCUT2D eigenvalue weighted by Gasteiger charge is -2.27. The van der Waals surface area contributed by atoms with E-state index < -0.39 is 0 Å². The van der Waals surface area contributed by atoms with E-state index >= 15 is 0 Å². The normalized spacial score (nSPS) is 20.2. The molecule has 0 N–H and O–H groups in total. The molecule has 1 aromatic carbocycles. The first-order chi connectivity index (χ1) is 10.7. The number of amides is 1. The van der Waals surface area contributed by atoms with Crippen LogP contribution >= 0.6 is 11.8 Å². The van der Waals surface area contributed by atoms with Crippen molar-refractivity contribution in [3.63, 3.8) is 0 Å². The maximum Gasteiger partial charge on any atom is 0.325 e. The van der Waals surface area contributed by atoms with Gasteiger partial charge in [0.1, 0.15) is 24.3 Å². The minimum atomic E-state index is -0.374. The summed E-state index contributed by atoms with van der Waals surface area (Å²) in [7, 11) is 0. The van der Waals surface area contributed by atoms with Crippen LogP contribution in [0.2, 0.25) is 0 Å². The fourth-order valence-corrected chi connectivity index (χ4v) is 3.74. The third-order valence-corrected chi connectivity index (χ3v) is 4.83. The summed E-state index contributed by atoms with van der Waals surface area (Å²) >= 11 is 1.52. The van der Waals surface area contributed by atoms with Crippen LogP contribution in [0.3, 0.4) is 0 Å². The first-order valence-corrected chi connectivity index (χ1v) is 8.23. The second-order valence-electron chi connectivity index (χ2n) is 5.04. The highest BCUT2D eigenvalue weighted by Crippen LogP contribution is 2.35. The van der Waals surface area contributed by atoms with Crippen molar-refractivity contribution in [1.82, 2.24) is 4.90 Å². The molecule has 1 saturated heterocycles. The van der Waals surface area contributed by atoms with Gasteiger partial charge in [0.2, 0.25) is 5.91 Å². The maximum atomic E-state index is 12.0. The SMILES string of the molecule is CCOC(=O)CN1C(=O)CSC1C1=Cc2ccccc2OC1. The molecule has 1 atom stereocenters. The molecule has 2 heterocycles. The summed E-state index contributed by atoms with van der Waals surface area (Å²) in [5, 5.41) is -0.162.